The molecule has 0 radical (unpaired) electrons. The molecule has 0 aliphatic rings. The molecule has 0 heterocycles. The average molecular weight is 509 g/mol. The molecule has 1 rings (SSSR count). The Labute approximate surface area is 165 Å². The number of hydrogen-bond acceptors (Lipinski definition) is 4. The number of hydrogen-bond donors (Lipinski definition) is 1. The minimum absolute atomic E-state index is 0.0520. The van der Waals surface area contributed by atoms with Crippen LogP contribution in [0.5, 0.6) is 11.5 Å². The molecule has 0 amide bonds. The Hall–Kier alpha value is -1.93. The van der Waals surface area contributed by atoms with Gasteiger partial charge in [0.1, 0.15) is 0 Å². The first kappa shape index (κ1) is 25.1. The van der Waals surface area contributed by atoms with Crippen LogP contribution in [0.25, 0.3) is 0 Å². The second-order valence-electron chi connectivity index (χ2n) is 5.18. The van der Waals surface area contributed by atoms with E-state index in [0.717, 1.165) is 12.1 Å². The van der Waals surface area contributed by atoms with Crippen molar-refractivity contribution < 1.29 is 53.4 Å². The summed E-state index contributed by atoms with van der Waals surface area (Å²) < 4.78 is 134. The van der Waals surface area contributed by atoms with Crippen LogP contribution in [0, 0.1) is 0 Å². The zero-order valence-electron chi connectivity index (χ0n) is 14.1. The highest BCUT2D eigenvalue weighted by atomic mass is 79.9. The number of benzene rings is 1. The maximum atomic E-state index is 13.1. The molecule has 15 heteroatoms. The maximum absolute atomic E-state index is 13.1. The Bertz CT molecular complexity index is 734. The van der Waals surface area contributed by atoms with Gasteiger partial charge in [0.15, 0.2) is 18.1 Å². The van der Waals surface area contributed by atoms with Crippen molar-refractivity contribution in [1.82, 2.24) is 5.43 Å². The summed E-state index contributed by atoms with van der Waals surface area (Å²) in [5, 5.41) is 2.65. The standard InChI is InChI=1S/C14H11BrF10N2O2/c1-2-28-9-4-7(3-8(15)10(9)29-6-11(16,17)18)5-26-27-14(24,25)12(19,20)13(21,22)23/h3-5,27H,2,6H2,1H3/b26-5+. The van der Waals surface area contributed by atoms with Crippen LogP contribution in [0.1, 0.15) is 12.5 Å². The molecule has 0 saturated carbocycles. The molecule has 0 aliphatic carbocycles. The highest BCUT2D eigenvalue weighted by Crippen LogP contribution is 2.45. The highest BCUT2D eigenvalue weighted by molar-refractivity contribution is 9.10. The van der Waals surface area contributed by atoms with Crippen LogP contribution in [0.2, 0.25) is 0 Å². The molecule has 0 fully saturated rings. The summed E-state index contributed by atoms with van der Waals surface area (Å²) in [7, 11) is 0. The Morgan fingerprint density at radius 3 is 2.07 bits per heavy atom. The van der Waals surface area contributed by atoms with Crippen LogP contribution in [0.4, 0.5) is 43.9 Å². The van der Waals surface area contributed by atoms with Crippen molar-refractivity contribution in [2.45, 2.75) is 31.2 Å². The lowest BCUT2D eigenvalue weighted by molar-refractivity contribution is -0.361. The predicted octanol–water partition coefficient (Wildman–Crippen LogP) is 5.50. The summed E-state index contributed by atoms with van der Waals surface area (Å²) in [5.74, 6) is -7.10. The molecule has 0 unspecified atom stereocenters. The lowest BCUT2D eigenvalue weighted by Crippen LogP contribution is -2.58. The summed E-state index contributed by atoms with van der Waals surface area (Å²) in [4.78, 5) is 0. The first-order chi connectivity index (χ1) is 13.0. The Morgan fingerprint density at radius 1 is 1.00 bits per heavy atom. The fourth-order valence-electron chi connectivity index (χ4n) is 1.66. The highest BCUT2D eigenvalue weighted by Gasteiger charge is 2.73. The van der Waals surface area contributed by atoms with E-state index in [2.05, 4.69) is 25.8 Å². The number of halogens is 11. The van der Waals surface area contributed by atoms with Gasteiger partial charge in [-0.25, -0.2) is 5.43 Å². The normalized spacial score (nSPS) is 13.7. The van der Waals surface area contributed by atoms with Gasteiger partial charge in [0, 0.05) is 0 Å². The number of alkyl halides is 10. The van der Waals surface area contributed by atoms with Gasteiger partial charge in [-0.15, -0.1) is 0 Å². The van der Waals surface area contributed by atoms with Gasteiger partial charge < -0.3 is 9.47 Å². The van der Waals surface area contributed by atoms with Crippen LogP contribution in [-0.2, 0) is 0 Å². The van der Waals surface area contributed by atoms with Crippen molar-refractivity contribution in [3.63, 3.8) is 0 Å². The van der Waals surface area contributed by atoms with Gasteiger partial charge in [0.25, 0.3) is 0 Å². The third-order valence-corrected chi connectivity index (χ3v) is 3.47. The molecule has 166 valence electrons. The first-order valence-electron chi connectivity index (χ1n) is 7.30. The largest absolute Gasteiger partial charge is 0.490 e. The summed E-state index contributed by atoms with van der Waals surface area (Å²) in [6.45, 7) is -0.271. The monoisotopic (exact) mass is 508 g/mol. The van der Waals surface area contributed by atoms with Gasteiger partial charge in [-0.1, -0.05) is 0 Å². The Balaban J connectivity index is 3.08. The van der Waals surface area contributed by atoms with Gasteiger partial charge in [-0.2, -0.15) is 49.0 Å². The molecule has 0 atom stereocenters. The molecule has 0 aliphatic heterocycles. The van der Waals surface area contributed by atoms with Crippen molar-refractivity contribution in [3.05, 3.63) is 22.2 Å². The summed E-state index contributed by atoms with van der Waals surface area (Å²) >= 11 is 2.85. The second-order valence-corrected chi connectivity index (χ2v) is 6.04. The zero-order chi connectivity index (χ0) is 22.7. The fraction of sp³-hybridized carbons (Fsp3) is 0.500. The van der Waals surface area contributed by atoms with E-state index in [1.165, 1.54) is 6.92 Å². The van der Waals surface area contributed by atoms with E-state index in [0.29, 0.717) is 11.6 Å². The van der Waals surface area contributed by atoms with Crippen molar-refractivity contribution >= 4 is 22.1 Å². The summed E-state index contributed by atoms with van der Waals surface area (Å²) in [6.07, 6.45) is -10.8. The van der Waals surface area contributed by atoms with E-state index in [1.54, 1.807) is 0 Å². The second kappa shape index (κ2) is 8.83. The molecule has 0 aromatic heterocycles. The topological polar surface area (TPSA) is 42.8 Å². The molecule has 1 aromatic rings. The Kier molecular flexibility index (Phi) is 7.65. The quantitative estimate of drug-likeness (QED) is 0.218. The van der Waals surface area contributed by atoms with Crippen LogP contribution in [-0.4, -0.2) is 43.7 Å². The maximum Gasteiger partial charge on any atom is 0.462 e. The summed E-state index contributed by atoms with van der Waals surface area (Å²) in [6, 6.07) is -3.83. The van der Waals surface area contributed by atoms with Gasteiger partial charge in [0.05, 0.1) is 17.3 Å². The van der Waals surface area contributed by atoms with E-state index < -0.39 is 36.7 Å². The van der Waals surface area contributed by atoms with Crippen LogP contribution in [0.15, 0.2) is 21.7 Å². The number of ether oxygens (including phenoxy) is 2. The van der Waals surface area contributed by atoms with E-state index in [4.69, 9.17) is 4.74 Å². The zero-order valence-corrected chi connectivity index (χ0v) is 15.7. The molecule has 1 N–H and O–H groups in total. The van der Waals surface area contributed by atoms with Gasteiger partial charge in [-0.05, 0) is 40.5 Å². The van der Waals surface area contributed by atoms with Crippen molar-refractivity contribution in [2.75, 3.05) is 13.2 Å². The molecule has 0 bridgehead atoms. The minimum Gasteiger partial charge on any atom is -0.490 e. The molecule has 1 aromatic carbocycles. The van der Waals surface area contributed by atoms with Crippen LogP contribution in [0.3, 0.4) is 0 Å². The lowest BCUT2D eigenvalue weighted by atomic mass is 10.2. The SMILES string of the molecule is CCOc1cc(/C=N/NC(F)(F)C(F)(F)C(F)(F)F)cc(Br)c1OCC(F)(F)F. The van der Waals surface area contributed by atoms with Gasteiger partial charge >= 0.3 is 24.3 Å². The van der Waals surface area contributed by atoms with Crippen molar-refractivity contribution in [3.8, 4) is 11.5 Å². The number of rotatable bonds is 8. The predicted molar refractivity (Wildman–Crippen MR) is 83.5 cm³/mol. The number of nitrogens with one attached hydrogen (secondary N) is 1. The molecular weight excluding hydrogens is 498 g/mol. The molecule has 0 spiro atoms. The van der Waals surface area contributed by atoms with Crippen molar-refractivity contribution in [1.29, 1.82) is 0 Å². The summed E-state index contributed by atoms with van der Waals surface area (Å²) in [5.41, 5.74) is 0.219. The average Bonchev–Trinajstić information content (AvgIpc) is 2.52. The molecule has 29 heavy (non-hydrogen) atoms. The van der Waals surface area contributed by atoms with E-state index in [-0.39, 0.29) is 22.4 Å². The Morgan fingerprint density at radius 2 is 1.59 bits per heavy atom. The van der Waals surface area contributed by atoms with Crippen LogP contribution >= 0.6 is 15.9 Å². The van der Waals surface area contributed by atoms with E-state index in [1.807, 2.05) is 0 Å². The van der Waals surface area contributed by atoms with Crippen LogP contribution < -0.4 is 14.9 Å². The van der Waals surface area contributed by atoms with Gasteiger partial charge in [-0.3, -0.25) is 0 Å². The minimum atomic E-state index is -6.54. The molecular formula is C14H11BrF10N2O2. The van der Waals surface area contributed by atoms with E-state index >= 15 is 0 Å². The third kappa shape index (κ3) is 6.54. The van der Waals surface area contributed by atoms with Crippen molar-refractivity contribution in [2.24, 2.45) is 5.10 Å². The molecule has 0 saturated heterocycles. The third-order valence-electron chi connectivity index (χ3n) is 2.88. The first-order valence-corrected chi connectivity index (χ1v) is 8.09. The fourth-order valence-corrected chi connectivity index (χ4v) is 2.23. The molecule has 4 nitrogen and oxygen atoms in total. The number of nitrogens with zero attached hydrogens (tertiary/aromatic N) is 1. The number of hydrazone groups is 1. The lowest BCUT2D eigenvalue weighted by Gasteiger charge is -2.27. The van der Waals surface area contributed by atoms with Gasteiger partial charge in [0.2, 0.25) is 0 Å². The van der Waals surface area contributed by atoms with E-state index in [9.17, 15) is 43.9 Å². The smallest absolute Gasteiger partial charge is 0.462 e.